The first-order valence-electron chi connectivity index (χ1n) is 5.99. The first-order valence-corrected chi connectivity index (χ1v) is 5.99. The minimum absolute atomic E-state index is 0.568. The van der Waals surface area contributed by atoms with Gasteiger partial charge in [0.25, 0.3) is 0 Å². The molecule has 0 fully saturated rings. The third kappa shape index (κ3) is 2.30. The molecule has 1 aromatic carbocycles. The van der Waals surface area contributed by atoms with Crippen molar-refractivity contribution in [3.63, 3.8) is 0 Å². The van der Waals surface area contributed by atoms with Gasteiger partial charge in [0.15, 0.2) is 0 Å². The van der Waals surface area contributed by atoms with Gasteiger partial charge in [-0.05, 0) is 25.1 Å². The molecule has 2 heterocycles. The Morgan fingerprint density at radius 2 is 1.74 bits per heavy atom. The normalized spacial score (nSPS) is 10.4. The SMILES string of the molecule is Cc1c(Nc2ncccn2)cnn1-c1ccccc1. The topological polar surface area (TPSA) is 55.6 Å². The summed E-state index contributed by atoms with van der Waals surface area (Å²) in [6, 6.07) is 11.8. The Morgan fingerprint density at radius 1 is 1.00 bits per heavy atom. The monoisotopic (exact) mass is 251 g/mol. The van der Waals surface area contributed by atoms with E-state index < -0.39 is 0 Å². The van der Waals surface area contributed by atoms with E-state index in [0.717, 1.165) is 17.1 Å². The van der Waals surface area contributed by atoms with Gasteiger partial charge >= 0.3 is 0 Å². The highest BCUT2D eigenvalue weighted by Crippen LogP contribution is 2.20. The summed E-state index contributed by atoms with van der Waals surface area (Å²) in [4.78, 5) is 8.28. The molecule has 0 aliphatic carbocycles. The molecule has 0 saturated carbocycles. The number of hydrogen-bond acceptors (Lipinski definition) is 4. The molecule has 0 radical (unpaired) electrons. The number of para-hydroxylation sites is 1. The average Bonchev–Trinajstić information content (AvgIpc) is 2.82. The van der Waals surface area contributed by atoms with Gasteiger partial charge in [-0.3, -0.25) is 0 Å². The Balaban J connectivity index is 1.92. The van der Waals surface area contributed by atoms with Gasteiger partial charge in [0.05, 0.1) is 23.3 Å². The molecular formula is C14H13N5. The molecule has 5 heteroatoms. The van der Waals surface area contributed by atoms with Crippen molar-refractivity contribution in [3.05, 3.63) is 60.7 Å². The number of anilines is 2. The Hall–Kier alpha value is -2.69. The van der Waals surface area contributed by atoms with Crippen molar-refractivity contribution in [1.82, 2.24) is 19.7 Å². The average molecular weight is 251 g/mol. The van der Waals surface area contributed by atoms with Gasteiger partial charge in [-0.25, -0.2) is 14.6 Å². The third-order valence-corrected chi connectivity index (χ3v) is 2.82. The van der Waals surface area contributed by atoms with Crippen LogP contribution in [0, 0.1) is 6.92 Å². The molecule has 3 rings (SSSR count). The van der Waals surface area contributed by atoms with Crippen LogP contribution in [-0.4, -0.2) is 19.7 Å². The Morgan fingerprint density at radius 3 is 2.47 bits per heavy atom. The maximum absolute atomic E-state index is 4.38. The minimum Gasteiger partial charge on any atom is -0.321 e. The van der Waals surface area contributed by atoms with Gasteiger partial charge in [0, 0.05) is 12.4 Å². The molecule has 0 unspecified atom stereocenters. The number of benzene rings is 1. The summed E-state index contributed by atoms with van der Waals surface area (Å²) in [5.74, 6) is 0.568. The second-order valence-corrected chi connectivity index (χ2v) is 4.09. The van der Waals surface area contributed by atoms with E-state index in [0.29, 0.717) is 5.95 Å². The number of aromatic nitrogens is 4. The molecule has 0 aliphatic rings. The van der Waals surface area contributed by atoms with Crippen molar-refractivity contribution in [2.24, 2.45) is 0 Å². The van der Waals surface area contributed by atoms with Crippen molar-refractivity contribution in [1.29, 1.82) is 0 Å². The summed E-state index contributed by atoms with van der Waals surface area (Å²) in [5, 5.41) is 7.54. The first-order chi connectivity index (χ1) is 9.34. The van der Waals surface area contributed by atoms with Crippen LogP contribution < -0.4 is 5.32 Å². The molecule has 0 aliphatic heterocycles. The van der Waals surface area contributed by atoms with Crippen molar-refractivity contribution in [3.8, 4) is 5.69 Å². The number of rotatable bonds is 3. The molecule has 0 bridgehead atoms. The quantitative estimate of drug-likeness (QED) is 0.777. The third-order valence-electron chi connectivity index (χ3n) is 2.82. The lowest BCUT2D eigenvalue weighted by Crippen LogP contribution is -2.00. The van der Waals surface area contributed by atoms with Gasteiger partial charge in [-0.15, -0.1) is 0 Å². The van der Waals surface area contributed by atoms with Gasteiger partial charge in [-0.1, -0.05) is 18.2 Å². The lowest BCUT2D eigenvalue weighted by molar-refractivity contribution is 0.847. The lowest BCUT2D eigenvalue weighted by Gasteiger charge is -2.06. The second-order valence-electron chi connectivity index (χ2n) is 4.09. The van der Waals surface area contributed by atoms with Crippen LogP contribution in [-0.2, 0) is 0 Å². The van der Waals surface area contributed by atoms with E-state index in [2.05, 4.69) is 20.4 Å². The van der Waals surface area contributed by atoms with Crippen LogP contribution in [0.25, 0.3) is 5.69 Å². The molecule has 1 N–H and O–H groups in total. The zero-order chi connectivity index (χ0) is 13.1. The van der Waals surface area contributed by atoms with E-state index in [1.807, 2.05) is 41.9 Å². The van der Waals surface area contributed by atoms with Gasteiger partial charge < -0.3 is 5.32 Å². The standard InChI is InChI=1S/C14H13N5/c1-11-13(18-14-15-8-5-9-16-14)10-17-19(11)12-6-3-2-4-7-12/h2-10H,1H3,(H,15,16,18). The Kier molecular flexibility index (Phi) is 2.94. The van der Waals surface area contributed by atoms with E-state index in [4.69, 9.17) is 0 Å². The molecule has 19 heavy (non-hydrogen) atoms. The second kappa shape index (κ2) is 4.89. The molecule has 5 nitrogen and oxygen atoms in total. The van der Waals surface area contributed by atoms with Crippen LogP contribution in [0.3, 0.4) is 0 Å². The first kappa shape index (κ1) is 11.4. The van der Waals surface area contributed by atoms with Crippen molar-refractivity contribution in [2.45, 2.75) is 6.92 Å². The summed E-state index contributed by atoms with van der Waals surface area (Å²) >= 11 is 0. The molecule has 0 amide bonds. The number of hydrogen-bond donors (Lipinski definition) is 1. The zero-order valence-corrected chi connectivity index (χ0v) is 10.5. The molecular weight excluding hydrogens is 238 g/mol. The summed E-state index contributed by atoms with van der Waals surface area (Å²) in [5.41, 5.74) is 2.94. The summed E-state index contributed by atoms with van der Waals surface area (Å²) in [7, 11) is 0. The molecule has 2 aromatic heterocycles. The lowest BCUT2D eigenvalue weighted by atomic mass is 10.3. The van der Waals surface area contributed by atoms with E-state index in [-0.39, 0.29) is 0 Å². The molecule has 3 aromatic rings. The predicted molar refractivity (Wildman–Crippen MR) is 73.6 cm³/mol. The van der Waals surface area contributed by atoms with Crippen LogP contribution in [0.5, 0.6) is 0 Å². The molecule has 0 atom stereocenters. The van der Waals surface area contributed by atoms with E-state index in [1.165, 1.54) is 0 Å². The maximum Gasteiger partial charge on any atom is 0.227 e. The van der Waals surface area contributed by atoms with E-state index >= 15 is 0 Å². The Labute approximate surface area is 111 Å². The largest absolute Gasteiger partial charge is 0.321 e. The fourth-order valence-electron chi connectivity index (χ4n) is 1.85. The highest BCUT2D eigenvalue weighted by Gasteiger charge is 2.08. The van der Waals surface area contributed by atoms with Crippen molar-refractivity contribution >= 4 is 11.6 Å². The van der Waals surface area contributed by atoms with Crippen LogP contribution >= 0.6 is 0 Å². The summed E-state index contributed by atoms with van der Waals surface area (Å²) in [6.07, 6.45) is 5.18. The van der Waals surface area contributed by atoms with Crippen LogP contribution in [0.2, 0.25) is 0 Å². The number of nitrogens with one attached hydrogen (secondary N) is 1. The van der Waals surface area contributed by atoms with Crippen LogP contribution in [0.1, 0.15) is 5.69 Å². The van der Waals surface area contributed by atoms with Gasteiger partial charge in [0.1, 0.15) is 0 Å². The summed E-state index contributed by atoms with van der Waals surface area (Å²) < 4.78 is 1.88. The van der Waals surface area contributed by atoms with Gasteiger partial charge in [-0.2, -0.15) is 5.10 Å². The van der Waals surface area contributed by atoms with E-state index in [9.17, 15) is 0 Å². The molecule has 0 spiro atoms. The van der Waals surface area contributed by atoms with E-state index in [1.54, 1.807) is 24.7 Å². The number of nitrogens with zero attached hydrogens (tertiary/aromatic N) is 4. The van der Waals surface area contributed by atoms with Crippen LogP contribution in [0.15, 0.2) is 55.0 Å². The van der Waals surface area contributed by atoms with Crippen molar-refractivity contribution in [2.75, 3.05) is 5.32 Å². The highest BCUT2D eigenvalue weighted by atomic mass is 15.3. The van der Waals surface area contributed by atoms with Crippen molar-refractivity contribution < 1.29 is 0 Å². The zero-order valence-electron chi connectivity index (χ0n) is 10.5. The fourth-order valence-corrected chi connectivity index (χ4v) is 1.85. The van der Waals surface area contributed by atoms with Gasteiger partial charge in [0.2, 0.25) is 5.95 Å². The maximum atomic E-state index is 4.38. The minimum atomic E-state index is 0.568. The molecule has 94 valence electrons. The highest BCUT2D eigenvalue weighted by molar-refractivity contribution is 5.56. The summed E-state index contributed by atoms with van der Waals surface area (Å²) in [6.45, 7) is 2.01. The van der Waals surface area contributed by atoms with Crippen LogP contribution in [0.4, 0.5) is 11.6 Å². The fraction of sp³-hybridized carbons (Fsp3) is 0.0714. The predicted octanol–water partition coefficient (Wildman–Crippen LogP) is 2.71. The Bertz CT molecular complexity index is 661. The smallest absolute Gasteiger partial charge is 0.227 e. The molecule has 0 saturated heterocycles.